The van der Waals surface area contributed by atoms with Gasteiger partial charge >= 0.3 is 5.97 Å². The standard InChI is InChI=1S/C23H22N2O7S/c1-31-23(26)22(15-24-33(29,30)21-11-3-2-4-12-21)18-8-6-10-20(14-18)32-16-17-7-5-9-19(13-17)25(27)28/h2-14,22,24H,15-16H2,1H3. The van der Waals surface area contributed by atoms with Crippen molar-refractivity contribution in [1.82, 2.24) is 4.72 Å². The molecule has 172 valence electrons. The summed E-state index contributed by atoms with van der Waals surface area (Å²) >= 11 is 0. The fourth-order valence-electron chi connectivity index (χ4n) is 3.10. The fourth-order valence-corrected chi connectivity index (χ4v) is 4.17. The van der Waals surface area contributed by atoms with Crippen LogP contribution in [0.5, 0.6) is 5.75 Å². The molecule has 1 atom stereocenters. The first kappa shape index (κ1) is 23.9. The van der Waals surface area contributed by atoms with Crippen molar-refractivity contribution in [3.05, 3.63) is 100 Å². The number of nitro benzene ring substituents is 1. The fraction of sp³-hybridized carbons (Fsp3) is 0.174. The van der Waals surface area contributed by atoms with E-state index >= 15 is 0 Å². The Morgan fingerprint density at radius 1 is 1.03 bits per heavy atom. The molecule has 10 heteroatoms. The number of non-ortho nitro benzene ring substituents is 1. The molecule has 3 rings (SSSR count). The third-order valence-electron chi connectivity index (χ3n) is 4.80. The van der Waals surface area contributed by atoms with Gasteiger partial charge in [-0.05, 0) is 35.4 Å². The monoisotopic (exact) mass is 470 g/mol. The molecule has 0 heterocycles. The largest absolute Gasteiger partial charge is 0.489 e. The average Bonchev–Trinajstić information content (AvgIpc) is 2.83. The molecule has 9 nitrogen and oxygen atoms in total. The number of carbonyl (C=O) groups excluding carboxylic acids is 1. The second kappa shape index (κ2) is 10.7. The van der Waals surface area contributed by atoms with Crippen LogP contribution in [0.4, 0.5) is 5.69 Å². The molecular weight excluding hydrogens is 448 g/mol. The van der Waals surface area contributed by atoms with E-state index in [2.05, 4.69) is 4.72 Å². The number of carbonyl (C=O) groups is 1. The number of nitro groups is 1. The average molecular weight is 471 g/mol. The normalized spacial score (nSPS) is 12.0. The molecule has 3 aromatic rings. The molecule has 0 saturated heterocycles. The Bertz CT molecular complexity index is 1230. The molecule has 1 N–H and O–H groups in total. The Labute approximate surface area is 191 Å². The van der Waals surface area contributed by atoms with Crippen molar-refractivity contribution in [2.75, 3.05) is 13.7 Å². The van der Waals surface area contributed by atoms with E-state index in [9.17, 15) is 23.3 Å². The van der Waals surface area contributed by atoms with E-state index in [1.54, 1.807) is 54.6 Å². The maximum absolute atomic E-state index is 12.5. The van der Waals surface area contributed by atoms with Crippen LogP contribution in [0.1, 0.15) is 17.0 Å². The zero-order valence-corrected chi connectivity index (χ0v) is 18.5. The van der Waals surface area contributed by atoms with Crippen molar-refractivity contribution in [2.24, 2.45) is 0 Å². The Hall–Kier alpha value is -3.76. The summed E-state index contributed by atoms with van der Waals surface area (Å²) in [4.78, 5) is 22.9. The lowest BCUT2D eigenvalue weighted by Gasteiger charge is -2.17. The number of nitrogens with zero attached hydrogens (tertiary/aromatic N) is 1. The molecule has 0 aliphatic carbocycles. The molecule has 1 unspecified atom stereocenters. The highest BCUT2D eigenvalue weighted by Crippen LogP contribution is 2.24. The summed E-state index contributed by atoms with van der Waals surface area (Å²) in [6.45, 7) is -0.132. The second-order valence-electron chi connectivity index (χ2n) is 7.03. The van der Waals surface area contributed by atoms with E-state index in [-0.39, 0.29) is 23.7 Å². The van der Waals surface area contributed by atoms with Gasteiger partial charge in [0, 0.05) is 18.7 Å². The number of nitrogens with one attached hydrogen (secondary N) is 1. The minimum Gasteiger partial charge on any atom is -0.489 e. The maximum Gasteiger partial charge on any atom is 0.314 e. The lowest BCUT2D eigenvalue weighted by atomic mass is 9.99. The molecule has 0 radical (unpaired) electrons. The van der Waals surface area contributed by atoms with Gasteiger partial charge in [-0.15, -0.1) is 0 Å². The van der Waals surface area contributed by atoms with Gasteiger partial charge in [0.2, 0.25) is 10.0 Å². The number of rotatable bonds is 10. The molecule has 0 saturated carbocycles. The number of ether oxygens (including phenoxy) is 2. The summed E-state index contributed by atoms with van der Waals surface area (Å²) in [5.41, 5.74) is 1.06. The topological polar surface area (TPSA) is 125 Å². The van der Waals surface area contributed by atoms with Crippen LogP contribution in [0, 0.1) is 10.1 Å². The summed E-state index contributed by atoms with van der Waals surface area (Å²) in [7, 11) is -2.59. The van der Waals surface area contributed by atoms with E-state index in [0.29, 0.717) is 16.9 Å². The minimum atomic E-state index is -3.82. The second-order valence-corrected chi connectivity index (χ2v) is 8.80. The number of hydrogen-bond acceptors (Lipinski definition) is 7. The minimum absolute atomic E-state index is 0.0405. The zero-order chi connectivity index (χ0) is 23.8. The Kier molecular flexibility index (Phi) is 7.75. The van der Waals surface area contributed by atoms with Gasteiger partial charge in [0.1, 0.15) is 12.4 Å². The van der Waals surface area contributed by atoms with Gasteiger partial charge in [0.25, 0.3) is 5.69 Å². The highest BCUT2D eigenvalue weighted by atomic mass is 32.2. The van der Waals surface area contributed by atoms with Crippen LogP contribution in [0.2, 0.25) is 0 Å². The number of esters is 1. The summed E-state index contributed by atoms with van der Waals surface area (Å²) < 4.78 is 38.1. The van der Waals surface area contributed by atoms with Crippen LogP contribution in [0.15, 0.2) is 83.8 Å². The van der Waals surface area contributed by atoms with Crippen LogP contribution in [0.25, 0.3) is 0 Å². The van der Waals surface area contributed by atoms with Crippen molar-refractivity contribution < 1.29 is 27.6 Å². The third kappa shape index (κ3) is 6.37. The van der Waals surface area contributed by atoms with E-state index in [1.807, 2.05) is 0 Å². The Balaban J connectivity index is 1.74. The molecule has 3 aromatic carbocycles. The Morgan fingerprint density at radius 2 is 1.76 bits per heavy atom. The first-order valence-electron chi connectivity index (χ1n) is 9.89. The van der Waals surface area contributed by atoms with E-state index in [0.717, 1.165) is 0 Å². The Morgan fingerprint density at radius 3 is 2.45 bits per heavy atom. The van der Waals surface area contributed by atoms with E-state index in [4.69, 9.17) is 9.47 Å². The predicted octanol–water partition coefficient (Wildman–Crippen LogP) is 3.41. The molecule has 0 aromatic heterocycles. The SMILES string of the molecule is COC(=O)C(CNS(=O)(=O)c1ccccc1)c1cccc(OCc2cccc([N+](=O)[O-])c2)c1. The molecule has 0 fully saturated rings. The van der Waals surface area contributed by atoms with Crippen LogP contribution >= 0.6 is 0 Å². The van der Waals surface area contributed by atoms with Crippen LogP contribution in [0.3, 0.4) is 0 Å². The molecule has 0 aliphatic heterocycles. The lowest BCUT2D eigenvalue weighted by Crippen LogP contribution is -2.32. The third-order valence-corrected chi connectivity index (χ3v) is 6.24. The van der Waals surface area contributed by atoms with Gasteiger partial charge in [-0.25, -0.2) is 13.1 Å². The highest BCUT2D eigenvalue weighted by molar-refractivity contribution is 7.89. The van der Waals surface area contributed by atoms with Gasteiger partial charge in [0.15, 0.2) is 0 Å². The summed E-state index contributed by atoms with van der Waals surface area (Å²) in [6.07, 6.45) is 0. The van der Waals surface area contributed by atoms with E-state index in [1.165, 1.54) is 31.4 Å². The molecule has 0 aliphatic rings. The van der Waals surface area contributed by atoms with Crippen molar-refractivity contribution in [3.8, 4) is 5.75 Å². The van der Waals surface area contributed by atoms with Crippen molar-refractivity contribution >= 4 is 21.7 Å². The van der Waals surface area contributed by atoms with Gasteiger partial charge < -0.3 is 9.47 Å². The zero-order valence-electron chi connectivity index (χ0n) is 17.7. The molecule has 33 heavy (non-hydrogen) atoms. The van der Waals surface area contributed by atoms with Crippen molar-refractivity contribution in [1.29, 1.82) is 0 Å². The van der Waals surface area contributed by atoms with Crippen molar-refractivity contribution in [2.45, 2.75) is 17.4 Å². The van der Waals surface area contributed by atoms with Crippen LogP contribution < -0.4 is 9.46 Å². The summed E-state index contributed by atoms with van der Waals surface area (Å²) in [5, 5.41) is 10.9. The van der Waals surface area contributed by atoms with E-state index < -0.39 is 26.8 Å². The number of methoxy groups -OCH3 is 1. The molecule has 0 bridgehead atoms. The molecular formula is C23H22N2O7S. The van der Waals surface area contributed by atoms with Crippen molar-refractivity contribution in [3.63, 3.8) is 0 Å². The smallest absolute Gasteiger partial charge is 0.314 e. The first-order valence-corrected chi connectivity index (χ1v) is 11.4. The van der Waals surface area contributed by atoms with Gasteiger partial charge in [-0.2, -0.15) is 0 Å². The van der Waals surface area contributed by atoms with Gasteiger partial charge in [0.05, 0.1) is 22.8 Å². The first-order chi connectivity index (χ1) is 15.8. The lowest BCUT2D eigenvalue weighted by molar-refractivity contribution is -0.384. The molecule has 0 spiro atoms. The van der Waals surface area contributed by atoms with Gasteiger partial charge in [-0.1, -0.05) is 42.5 Å². The van der Waals surface area contributed by atoms with Crippen LogP contribution in [-0.2, 0) is 26.2 Å². The number of benzene rings is 3. The highest BCUT2D eigenvalue weighted by Gasteiger charge is 2.25. The summed E-state index contributed by atoms with van der Waals surface area (Å²) in [5.74, 6) is -1.10. The van der Waals surface area contributed by atoms with Gasteiger partial charge in [-0.3, -0.25) is 14.9 Å². The maximum atomic E-state index is 12.5. The van der Waals surface area contributed by atoms with Crippen LogP contribution in [-0.4, -0.2) is 33.0 Å². The predicted molar refractivity (Wildman–Crippen MR) is 120 cm³/mol. The number of sulfonamides is 1. The number of hydrogen-bond donors (Lipinski definition) is 1. The quantitative estimate of drug-likeness (QED) is 0.273. The molecule has 0 amide bonds. The summed E-state index contributed by atoms with van der Waals surface area (Å²) in [6, 6.07) is 20.5.